The summed E-state index contributed by atoms with van der Waals surface area (Å²) in [7, 11) is 0. The third-order valence-electron chi connectivity index (χ3n) is 2.73. The van der Waals surface area contributed by atoms with E-state index in [9.17, 15) is 4.79 Å². The van der Waals surface area contributed by atoms with Gasteiger partial charge in [0.25, 0.3) is 5.91 Å². The number of benzene rings is 1. The van der Waals surface area contributed by atoms with Crippen LogP contribution >= 0.6 is 11.3 Å². The minimum absolute atomic E-state index is 0.149. The lowest BCUT2D eigenvalue weighted by Crippen LogP contribution is -2.23. The van der Waals surface area contributed by atoms with Gasteiger partial charge in [-0.2, -0.15) is 0 Å². The van der Waals surface area contributed by atoms with Crippen LogP contribution in [0.1, 0.15) is 26.4 Å². The Labute approximate surface area is 122 Å². The van der Waals surface area contributed by atoms with E-state index in [0.29, 0.717) is 17.7 Å². The van der Waals surface area contributed by atoms with E-state index in [1.165, 1.54) is 0 Å². The average molecular weight is 285 g/mol. The lowest BCUT2D eigenvalue weighted by atomic mass is 10.0. The predicted octanol–water partition coefficient (Wildman–Crippen LogP) is 2.33. The quantitative estimate of drug-likeness (QED) is 0.850. The standard InChI is InChI=1S/C16H15NO2S/c1-12-6-7-13(4-2-8-18)15(10-12)16(19)17-11-14-5-3-9-20-14/h3,5-7,9-10,18H,8,11H2,1H3,(H,17,19). The van der Waals surface area contributed by atoms with Crippen LogP contribution in [0.15, 0.2) is 35.7 Å². The Kier molecular flexibility index (Phi) is 4.94. The highest BCUT2D eigenvalue weighted by atomic mass is 32.1. The first kappa shape index (κ1) is 14.3. The van der Waals surface area contributed by atoms with Crippen LogP contribution < -0.4 is 5.32 Å². The van der Waals surface area contributed by atoms with E-state index < -0.39 is 0 Å². The van der Waals surface area contributed by atoms with E-state index in [1.54, 1.807) is 17.4 Å². The topological polar surface area (TPSA) is 49.3 Å². The molecule has 0 saturated heterocycles. The van der Waals surface area contributed by atoms with E-state index in [1.807, 2.05) is 36.6 Å². The number of aryl methyl sites for hydroxylation is 1. The summed E-state index contributed by atoms with van der Waals surface area (Å²) in [5.41, 5.74) is 2.18. The second kappa shape index (κ2) is 6.90. The molecule has 0 aliphatic rings. The van der Waals surface area contributed by atoms with Crippen LogP contribution in [0.2, 0.25) is 0 Å². The Morgan fingerprint density at radius 2 is 2.25 bits per heavy atom. The first-order chi connectivity index (χ1) is 9.70. The summed E-state index contributed by atoms with van der Waals surface area (Å²) < 4.78 is 0. The molecular formula is C16H15NO2S. The zero-order valence-corrected chi connectivity index (χ0v) is 12.0. The van der Waals surface area contributed by atoms with Crippen molar-refractivity contribution in [3.8, 4) is 11.8 Å². The zero-order valence-electron chi connectivity index (χ0n) is 11.1. The van der Waals surface area contributed by atoms with Gasteiger partial charge in [-0.1, -0.05) is 29.5 Å². The number of aliphatic hydroxyl groups excluding tert-OH is 1. The predicted molar refractivity (Wildman–Crippen MR) is 80.6 cm³/mol. The molecule has 1 aromatic heterocycles. The van der Waals surface area contributed by atoms with Gasteiger partial charge < -0.3 is 10.4 Å². The van der Waals surface area contributed by atoms with Crippen molar-refractivity contribution in [3.05, 3.63) is 57.3 Å². The number of hydrogen-bond acceptors (Lipinski definition) is 3. The van der Waals surface area contributed by atoms with Crippen LogP contribution in [0.5, 0.6) is 0 Å². The van der Waals surface area contributed by atoms with Gasteiger partial charge in [0.2, 0.25) is 0 Å². The van der Waals surface area contributed by atoms with Crippen molar-refractivity contribution in [2.24, 2.45) is 0 Å². The summed E-state index contributed by atoms with van der Waals surface area (Å²) in [6.07, 6.45) is 0. The Morgan fingerprint density at radius 1 is 1.40 bits per heavy atom. The number of aliphatic hydroxyl groups is 1. The van der Waals surface area contributed by atoms with Gasteiger partial charge in [0, 0.05) is 10.4 Å². The minimum atomic E-state index is -0.218. The van der Waals surface area contributed by atoms with Crippen molar-refractivity contribution < 1.29 is 9.90 Å². The molecule has 1 amide bonds. The van der Waals surface area contributed by atoms with Crippen molar-refractivity contribution in [2.75, 3.05) is 6.61 Å². The van der Waals surface area contributed by atoms with E-state index in [-0.39, 0.29) is 12.5 Å². The van der Waals surface area contributed by atoms with Crippen LogP contribution in [-0.4, -0.2) is 17.6 Å². The fourth-order valence-corrected chi connectivity index (χ4v) is 2.41. The largest absolute Gasteiger partial charge is 0.384 e. The van der Waals surface area contributed by atoms with Gasteiger partial charge >= 0.3 is 0 Å². The first-order valence-electron chi connectivity index (χ1n) is 6.21. The molecule has 0 spiro atoms. The molecule has 1 aromatic carbocycles. The summed E-state index contributed by atoms with van der Waals surface area (Å²) >= 11 is 1.61. The molecule has 3 nitrogen and oxygen atoms in total. The van der Waals surface area contributed by atoms with Gasteiger partial charge in [-0.05, 0) is 30.5 Å². The molecule has 102 valence electrons. The maximum Gasteiger partial charge on any atom is 0.252 e. The SMILES string of the molecule is Cc1ccc(C#CCO)c(C(=O)NCc2cccs2)c1. The number of amides is 1. The van der Waals surface area contributed by atoms with Gasteiger partial charge in [0.05, 0.1) is 12.1 Å². The van der Waals surface area contributed by atoms with Crippen LogP contribution in [0.25, 0.3) is 0 Å². The van der Waals surface area contributed by atoms with Crippen molar-refractivity contribution in [1.29, 1.82) is 0 Å². The monoisotopic (exact) mass is 285 g/mol. The molecule has 0 aliphatic heterocycles. The molecule has 0 atom stereocenters. The molecule has 0 saturated carbocycles. The minimum Gasteiger partial charge on any atom is -0.384 e. The number of nitrogens with one attached hydrogen (secondary N) is 1. The number of thiophene rings is 1. The van der Waals surface area contributed by atoms with Crippen molar-refractivity contribution in [3.63, 3.8) is 0 Å². The Balaban J connectivity index is 2.17. The van der Waals surface area contributed by atoms with Gasteiger partial charge in [0.15, 0.2) is 0 Å². The van der Waals surface area contributed by atoms with Crippen molar-refractivity contribution >= 4 is 17.2 Å². The molecule has 20 heavy (non-hydrogen) atoms. The third-order valence-corrected chi connectivity index (χ3v) is 3.60. The van der Waals surface area contributed by atoms with Crippen molar-refractivity contribution in [2.45, 2.75) is 13.5 Å². The summed E-state index contributed by atoms with van der Waals surface area (Å²) in [4.78, 5) is 13.3. The lowest BCUT2D eigenvalue weighted by molar-refractivity contribution is 0.0951. The number of carbonyl (C=O) groups excluding carboxylic acids is 1. The van der Waals surface area contributed by atoms with Gasteiger partial charge in [0.1, 0.15) is 6.61 Å². The second-order valence-corrected chi connectivity index (χ2v) is 5.30. The maximum atomic E-state index is 12.2. The average Bonchev–Trinajstić information content (AvgIpc) is 2.96. The first-order valence-corrected chi connectivity index (χ1v) is 7.09. The number of hydrogen-bond donors (Lipinski definition) is 2. The molecule has 2 aromatic rings. The molecule has 2 rings (SSSR count). The fourth-order valence-electron chi connectivity index (χ4n) is 1.77. The molecule has 1 heterocycles. The van der Waals surface area contributed by atoms with E-state index >= 15 is 0 Å². The van der Waals surface area contributed by atoms with Gasteiger partial charge in [-0.25, -0.2) is 0 Å². The lowest BCUT2D eigenvalue weighted by Gasteiger charge is -2.07. The molecule has 0 aliphatic carbocycles. The second-order valence-electron chi connectivity index (χ2n) is 4.27. The fraction of sp³-hybridized carbons (Fsp3) is 0.188. The normalized spacial score (nSPS) is 9.70. The molecule has 2 N–H and O–H groups in total. The molecule has 0 fully saturated rings. The molecule has 0 bridgehead atoms. The Morgan fingerprint density at radius 3 is 2.95 bits per heavy atom. The highest BCUT2D eigenvalue weighted by Gasteiger charge is 2.10. The van der Waals surface area contributed by atoms with E-state index in [4.69, 9.17) is 5.11 Å². The maximum absolute atomic E-state index is 12.2. The number of rotatable bonds is 3. The summed E-state index contributed by atoms with van der Waals surface area (Å²) in [6.45, 7) is 2.22. The third kappa shape index (κ3) is 3.70. The Hall–Kier alpha value is -2.09. The van der Waals surface area contributed by atoms with Crippen molar-refractivity contribution in [1.82, 2.24) is 5.32 Å². The Bertz CT molecular complexity index is 651. The highest BCUT2D eigenvalue weighted by Crippen LogP contribution is 2.12. The van der Waals surface area contributed by atoms with E-state index in [0.717, 1.165) is 10.4 Å². The molecule has 4 heteroatoms. The smallest absolute Gasteiger partial charge is 0.252 e. The molecule has 0 unspecified atom stereocenters. The number of carbonyl (C=O) groups is 1. The molecule has 0 radical (unpaired) electrons. The summed E-state index contributed by atoms with van der Waals surface area (Å²) in [6, 6.07) is 9.45. The van der Waals surface area contributed by atoms with Gasteiger partial charge in [-0.3, -0.25) is 4.79 Å². The van der Waals surface area contributed by atoms with Crippen LogP contribution in [0.4, 0.5) is 0 Å². The van der Waals surface area contributed by atoms with E-state index in [2.05, 4.69) is 17.2 Å². The van der Waals surface area contributed by atoms with Gasteiger partial charge in [-0.15, -0.1) is 11.3 Å². The summed E-state index contributed by atoms with van der Waals surface area (Å²) in [5.74, 6) is 5.23. The van der Waals surface area contributed by atoms with Crippen LogP contribution in [-0.2, 0) is 6.54 Å². The van der Waals surface area contributed by atoms with Crippen LogP contribution in [0, 0.1) is 18.8 Å². The summed E-state index contributed by atoms with van der Waals surface area (Å²) in [5, 5.41) is 13.6. The molecular weight excluding hydrogens is 270 g/mol. The zero-order chi connectivity index (χ0) is 14.4. The highest BCUT2D eigenvalue weighted by molar-refractivity contribution is 7.09. The van der Waals surface area contributed by atoms with Crippen LogP contribution in [0.3, 0.4) is 0 Å².